The minimum absolute atomic E-state index is 0.0921. The van der Waals surface area contributed by atoms with E-state index in [1.54, 1.807) is 6.08 Å². The van der Waals surface area contributed by atoms with Crippen LogP contribution in [0.25, 0.3) is 0 Å². The van der Waals surface area contributed by atoms with Crippen molar-refractivity contribution in [3.8, 4) is 5.75 Å². The van der Waals surface area contributed by atoms with Gasteiger partial charge in [0.05, 0.1) is 0 Å². The van der Waals surface area contributed by atoms with Crippen molar-refractivity contribution in [2.75, 3.05) is 6.61 Å². The van der Waals surface area contributed by atoms with Crippen molar-refractivity contribution >= 4 is 11.8 Å². The molecular formula is C26H38O5. The van der Waals surface area contributed by atoms with Crippen molar-refractivity contribution in [2.24, 2.45) is 11.8 Å². The number of aliphatic hydroxyl groups excluding tert-OH is 1. The predicted molar refractivity (Wildman–Crippen MR) is 122 cm³/mol. The molecule has 1 aliphatic rings. The van der Waals surface area contributed by atoms with Gasteiger partial charge in [-0.3, -0.25) is 9.59 Å². The number of rotatable bonds is 16. The Morgan fingerprint density at radius 3 is 2.35 bits per heavy atom. The molecule has 0 aromatic heterocycles. The summed E-state index contributed by atoms with van der Waals surface area (Å²) in [5.41, 5.74) is 0. The largest absolute Gasteiger partial charge is 0.491 e. The number of aliphatic carboxylic acids is 1. The molecule has 5 heteroatoms. The minimum Gasteiger partial charge on any atom is -0.491 e. The maximum absolute atomic E-state index is 12.3. The van der Waals surface area contributed by atoms with Gasteiger partial charge in [0.1, 0.15) is 24.2 Å². The van der Waals surface area contributed by atoms with Crippen LogP contribution in [-0.4, -0.2) is 34.7 Å². The first-order valence-electron chi connectivity index (χ1n) is 11.8. The molecule has 1 aromatic rings. The summed E-state index contributed by atoms with van der Waals surface area (Å²) < 4.78 is 5.58. The van der Waals surface area contributed by atoms with Crippen LogP contribution in [0, 0.1) is 11.8 Å². The van der Waals surface area contributed by atoms with Gasteiger partial charge >= 0.3 is 5.97 Å². The molecule has 1 aliphatic carbocycles. The summed E-state index contributed by atoms with van der Waals surface area (Å²) in [5.74, 6) is 0.722. The Balaban J connectivity index is 1.58. The second-order valence-corrected chi connectivity index (χ2v) is 8.61. The van der Waals surface area contributed by atoms with Gasteiger partial charge < -0.3 is 14.9 Å². The summed E-state index contributed by atoms with van der Waals surface area (Å²) >= 11 is 0. The molecular weight excluding hydrogens is 392 g/mol. The average Bonchev–Trinajstić information content (AvgIpc) is 3.12. The number of carbonyl (C=O) groups is 2. The highest BCUT2D eigenvalue weighted by molar-refractivity contribution is 5.83. The van der Waals surface area contributed by atoms with Crippen molar-refractivity contribution in [3.63, 3.8) is 0 Å². The van der Waals surface area contributed by atoms with E-state index in [2.05, 4.69) is 0 Å². The third kappa shape index (κ3) is 10.6. The molecule has 0 bridgehead atoms. The molecule has 172 valence electrons. The van der Waals surface area contributed by atoms with Crippen molar-refractivity contribution in [2.45, 2.75) is 83.2 Å². The highest BCUT2D eigenvalue weighted by Gasteiger charge is 2.32. The highest BCUT2D eigenvalue weighted by atomic mass is 16.5. The van der Waals surface area contributed by atoms with Gasteiger partial charge in [0.25, 0.3) is 0 Å². The Bertz CT molecular complexity index is 670. The Kier molecular flexibility index (Phi) is 12.0. The lowest BCUT2D eigenvalue weighted by Gasteiger charge is -2.16. The summed E-state index contributed by atoms with van der Waals surface area (Å²) in [6.07, 6.45) is 14.5. The fourth-order valence-corrected chi connectivity index (χ4v) is 4.27. The van der Waals surface area contributed by atoms with Crippen LogP contribution >= 0.6 is 0 Å². The lowest BCUT2D eigenvalue weighted by atomic mass is 9.89. The molecule has 0 aliphatic heterocycles. The molecule has 1 aromatic carbocycles. The van der Waals surface area contributed by atoms with Gasteiger partial charge in [-0.25, -0.2) is 0 Å². The molecule has 1 saturated carbocycles. The van der Waals surface area contributed by atoms with Crippen LogP contribution < -0.4 is 4.74 Å². The van der Waals surface area contributed by atoms with E-state index in [1.807, 2.05) is 36.4 Å². The van der Waals surface area contributed by atoms with E-state index < -0.39 is 12.1 Å². The number of carboxylic acids is 1. The number of para-hydroxylation sites is 1. The van der Waals surface area contributed by atoms with Gasteiger partial charge in [0.15, 0.2) is 0 Å². The van der Waals surface area contributed by atoms with Crippen LogP contribution in [-0.2, 0) is 9.59 Å². The predicted octanol–water partition coefficient (Wildman–Crippen LogP) is 5.56. The molecule has 1 fully saturated rings. The zero-order valence-electron chi connectivity index (χ0n) is 18.6. The first-order chi connectivity index (χ1) is 15.1. The quantitative estimate of drug-likeness (QED) is 0.265. The molecule has 0 saturated heterocycles. The number of carboxylic acid groups (broad SMARTS) is 1. The number of aliphatic hydroxyl groups is 1. The number of allylic oxidation sites excluding steroid dienone is 1. The first-order valence-corrected chi connectivity index (χ1v) is 11.8. The molecule has 2 rings (SSSR count). The molecule has 0 amide bonds. The average molecular weight is 431 g/mol. The van der Waals surface area contributed by atoms with Gasteiger partial charge in [0.2, 0.25) is 0 Å². The van der Waals surface area contributed by atoms with Crippen LogP contribution in [0.5, 0.6) is 5.75 Å². The number of ketones is 1. The van der Waals surface area contributed by atoms with Gasteiger partial charge in [-0.2, -0.15) is 0 Å². The Morgan fingerprint density at radius 1 is 1.03 bits per heavy atom. The summed E-state index contributed by atoms with van der Waals surface area (Å²) in [5, 5.41) is 18.8. The van der Waals surface area contributed by atoms with Gasteiger partial charge in [-0.05, 0) is 37.3 Å². The number of Topliss-reactive ketones (excluding diaryl/α,β-unsaturated/α-hetero) is 1. The number of carbonyl (C=O) groups excluding carboxylic acids is 1. The Morgan fingerprint density at radius 2 is 1.68 bits per heavy atom. The third-order valence-electron chi connectivity index (χ3n) is 6.05. The van der Waals surface area contributed by atoms with E-state index in [4.69, 9.17) is 9.84 Å². The second kappa shape index (κ2) is 14.8. The SMILES string of the molecule is O=C(O)CCCCCCCCCC[C@H]1C(=O)CC[C@@H]1/C=C/[C@@H](O)COc1ccccc1. The molecule has 5 nitrogen and oxygen atoms in total. The number of hydrogen-bond donors (Lipinski definition) is 2. The highest BCUT2D eigenvalue weighted by Crippen LogP contribution is 2.34. The summed E-state index contributed by atoms with van der Waals surface area (Å²) in [6, 6.07) is 9.44. The summed E-state index contributed by atoms with van der Waals surface area (Å²) in [4.78, 5) is 22.8. The van der Waals surface area contributed by atoms with E-state index in [0.717, 1.165) is 57.1 Å². The van der Waals surface area contributed by atoms with Crippen LogP contribution in [0.3, 0.4) is 0 Å². The van der Waals surface area contributed by atoms with Gasteiger partial charge in [0, 0.05) is 18.8 Å². The van der Waals surface area contributed by atoms with Crippen LogP contribution in [0.1, 0.15) is 77.0 Å². The summed E-state index contributed by atoms with van der Waals surface area (Å²) in [6.45, 7) is 0.210. The van der Waals surface area contributed by atoms with Crippen molar-refractivity contribution in [1.29, 1.82) is 0 Å². The second-order valence-electron chi connectivity index (χ2n) is 8.61. The normalized spacial score (nSPS) is 19.7. The third-order valence-corrected chi connectivity index (χ3v) is 6.05. The fourth-order valence-electron chi connectivity index (χ4n) is 4.27. The van der Waals surface area contributed by atoms with E-state index in [0.29, 0.717) is 12.2 Å². The van der Waals surface area contributed by atoms with E-state index in [-0.39, 0.29) is 24.9 Å². The zero-order valence-corrected chi connectivity index (χ0v) is 18.6. The maximum Gasteiger partial charge on any atom is 0.303 e. The number of ether oxygens (including phenoxy) is 1. The monoisotopic (exact) mass is 430 g/mol. The first kappa shape index (κ1) is 25.1. The topological polar surface area (TPSA) is 83.8 Å². The van der Waals surface area contributed by atoms with Crippen LogP contribution in [0.15, 0.2) is 42.5 Å². The van der Waals surface area contributed by atoms with Crippen molar-refractivity contribution in [1.82, 2.24) is 0 Å². The van der Waals surface area contributed by atoms with Crippen molar-refractivity contribution in [3.05, 3.63) is 42.5 Å². The zero-order chi connectivity index (χ0) is 22.3. The Labute approximate surface area is 186 Å². The summed E-state index contributed by atoms with van der Waals surface area (Å²) in [7, 11) is 0. The standard InChI is InChI=1S/C26H38O5/c27-22(20-31-23-12-8-7-9-13-23)18-16-21-17-19-25(28)24(21)14-10-5-3-1-2-4-6-11-15-26(29)30/h7-9,12-13,16,18,21-22,24,27H,1-6,10-11,14-15,17,19-20H2,(H,29,30)/b18-16+/t21-,22+,24+/m0/s1. The molecule has 0 unspecified atom stereocenters. The van der Waals surface area contributed by atoms with Gasteiger partial charge in [-0.1, -0.05) is 75.3 Å². The smallest absolute Gasteiger partial charge is 0.303 e. The molecule has 0 heterocycles. The molecule has 31 heavy (non-hydrogen) atoms. The number of benzene rings is 1. The van der Waals surface area contributed by atoms with Gasteiger partial charge in [-0.15, -0.1) is 0 Å². The van der Waals surface area contributed by atoms with Crippen LogP contribution in [0.4, 0.5) is 0 Å². The van der Waals surface area contributed by atoms with E-state index in [1.165, 1.54) is 12.8 Å². The fraction of sp³-hybridized carbons (Fsp3) is 0.615. The number of hydrogen-bond acceptors (Lipinski definition) is 4. The molecule has 2 N–H and O–H groups in total. The van der Waals surface area contributed by atoms with E-state index >= 15 is 0 Å². The number of unbranched alkanes of at least 4 members (excludes halogenated alkanes) is 7. The molecule has 0 radical (unpaired) electrons. The Hall–Kier alpha value is -2.14. The van der Waals surface area contributed by atoms with Crippen molar-refractivity contribution < 1.29 is 24.5 Å². The molecule has 0 spiro atoms. The van der Waals surface area contributed by atoms with Crippen LogP contribution in [0.2, 0.25) is 0 Å². The maximum atomic E-state index is 12.3. The van der Waals surface area contributed by atoms with E-state index in [9.17, 15) is 14.7 Å². The minimum atomic E-state index is -0.704. The lowest BCUT2D eigenvalue weighted by Crippen LogP contribution is -2.17. The lowest BCUT2D eigenvalue weighted by molar-refractivity contribution is -0.137. The molecule has 3 atom stereocenters.